The van der Waals surface area contributed by atoms with Crippen LogP contribution in [0.3, 0.4) is 0 Å². The van der Waals surface area contributed by atoms with Gasteiger partial charge in [-0.3, -0.25) is 0 Å². The van der Waals surface area contributed by atoms with E-state index >= 15 is 0 Å². The number of aryl methyl sites for hydroxylation is 1. The van der Waals surface area contributed by atoms with Crippen molar-refractivity contribution in [1.29, 1.82) is 0 Å². The van der Waals surface area contributed by atoms with E-state index in [1.165, 1.54) is 17.5 Å². The van der Waals surface area contributed by atoms with Crippen molar-refractivity contribution < 1.29 is 5.11 Å². The molecule has 1 saturated carbocycles. The van der Waals surface area contributed by atoms with E-state index in [2.05, 4.69) is 50.2 Å². The molecular weight excluding hydrogens is 234 g/mol. The summed E-state index contributed by atoms with van der Waals surface area (Å²) in [7, 11) is 4.18. The minimum absolute atomic E-state index is 0.225. The molecule has 0 bridgehead atoms. The van der Waals surface area contributed by atoms with Crippen molar-refractivity contribution in [2.45, 2.75) is 50.5 Å². The summed E-state index contributed by atoms with van der Waals surface area (Å²) in [6.45, 7) is 3.03. The van der Waals surface area contributed by atoms with E-state index < -0.39 is 5.60 Å². The average Bonchev–Trinajstić information content (AvgIpc) is 2.38. The van der Waals surface area contributed by atoms with Gasteiger partial charge in [0.2, 0.25) is 0 Å². The van der Waals surface area contributed by atoms with Gasteiger partial charge >= 0.3 is 0 Å². The second kappa shape index (κ2) is 6.06. The fraction of sp³-hybridized carbons (Fsp3) is 0.647. The molecule has 0 heterocycles. The zero-order valence-corrected chi connectivity index (χ0v) is 12.5. The van der Waals surface area contributed by atoms with Crippen LogP contribution in [0.15, 0.2) is 24.3 Å². The molecule has 1 aromatic carbocycles. The minimum Gasteiger partial charge on any atom is -0.389 e. The van der Waals surface area contributed by atoms with Gasteiger partial charge in [-0.25, -0.2) is 0 Å². The van der Waals surface area contributed by atoms with Crippen molar-refractivity contribution >= 4 is 0 Å². The zero-order valence-electron chi connectivity index (χ0n) is 12.5. The number of nitrogens with zero attached hydrogens (tertiary/aromatic N) is 1. The van der Waals surface area contributed by atoms with Crippen LogP contribution in [-0.4, -0.2) is 36.2 Å². The second-order valence-electron chi connectivity index (χ2n) is 6.39. The molecule has 1 fully saturated rings. The SMILES string of the molecule is Cc1ccc([C@@H](CN(C)C)C2(O)CCCCC2)cc1. The van der Waals surface area contributed by atoms with Crippen molar-refractivity contribution in [2.75, 3.05) is 20.6 Å². The minimum atomic E-state index is -0.516. The molecule has 2 heteroatoms. The summed E-state index contributed by atoms with van der Waals surface area (Å²) < 4.78 is 0. The van der Waals surface area contributed by atoms with Gasteiger partial charge in [-0.15, -0.1) is 0 Å². The molecule has 0 radical (unpaired) electrons. The number of hydrogen-bond donors (Lipinski definition) is 1. The Kier molecular flexibility index (Phi) is 4.64. The lowest BCUT2D eigenvalue weighted by molar-refractivity contribution is -0.0277. The van der Waals surface area contributed by atoms with Crippen LogP contribution < -0.4 is 0 Å². The molecule has 1 N–H and O–H groups in total. The Morgan fingerprint density at radius 1 is 1.11 bits per heavy atom. The maximum atomic E-state index is 11.1. The van der Waals surface area contributed by atoms with Crippen molar-refractivity contribution in [3.8, 4) is 0 Å². The van der Waals surface area contributed by atoms with Crippen molar-refractivity contribution in [3.05, 3.63) is 35.4 Å². The first-order valence-electron chi connectivity index (χ1n) is 7.45. The highest BCUT2D eigenvalue weighted by atomic mass is 16.3. The van der Waals surface area contributed by atoms with Gasteiger partial charge in [-0.05, 0) is 39.4 Å². The monoisotopic (exact) mass is 261 g/mol. The molecule has 0 saturated heterocycles. The highest BCUT2D eigenvalue weighted by Gasteiger charge is 2.38. The lowest BCUT2D eigenvalue weighted by Crippen LogP contribution is -2.42. The molecule has 1 aromatic rings. The first kappa shape index (κ1) is 14.5. The first-order valence-corrected chi connectivity index (χ1v) is 7.45. The second-order valence-corrected chi connectivity index (χ2v) is 6.39. The summed E-state index contributed by atoms with van der Waals surface area (Å²) in [6, 6.07) is 8.69. The molecule has 106 valence electrons. The normalized spacial score (nSPS) is 20.5. The molecule has 0 amide bonds. The fourth-order valence-corrected chi connectivity index (χ4v) is 3.26. The molecule has 0 aromatic heterocycles. The Balaban J connectivity index is 2.26. The topological polar surface area (TPSA) is 23.5 Å². The van der Waals surface area contributed by atoms with Crippen LogP contribution in [0.5, 0.6) is 0 Å². The lowest BCUT2D eigenvalue weighted by atomic mass is 9.72. The Labute approximate surface area is 117 Å². The zero-order chi connectivity index (χ0) is 13.9. The van der Waals surface area contributed by atoms with Gasteiger partial charge in [0.1, 0.15) is 0 Å². The van der Waals surface area contributed by atoms with Crippen LogP contribution in [0.1, 0.15) is 49.1 Å². The van der Waals surface area contributed by atoms with E-state index in [1.807, 2.05) is 0 Å². The Morgan fingerprint density at radius 3 is 2.21 bits per heavy atom. The predicted molar refractivity (Wildman–Crippen MR) is 80.5 cm³/mol. The van der Waals surface area contributed by atoms with Gasteiger partial charge < -0.3 is 10.0 Å². The van der Waals surface area contributed by atoms with Gasteiger partial charge in [0, 0.05) is 12.5 Å². The van der Waals surface area contributed by atoms with Crippen molar-refractivity contribution in [2.24, 2.45) is 0 Å². The largest absolute Gasteiger partial charge is 0.389 e. The van der Waals surface area contributed by atoms with Crippen LogP contribution in [-0.2, 0) is 0 Å². The molecule has 1 aliphatic rings. The average molecular weight is 261 g/mol. The van der Waals surface area contributed by atoms with E-state index in [9.17, 15) is 5.11 Å². The quantitative estimate of drug-likeness (QED) is 0.898. The van der Waals surface area contributed by atoms with E-state index in [1.54, 1.807) is 0 Å². The third kappa shape index (κ3) is 3.58. The van der Waals surface area contributed by atoms with Crippen LogP contribution >= 0.6 is 0 Å². The molecular formula is C17H27NO. The smallest absolute Gasteiger partial charge is 0.0728 e. The fourth-order valence-electron chi connectivity index (χ4n) is 3.26. The van der Waals surface area contributed by atoms with Gasteiger partial charge in [-0.1, -0.05) is 49.1 Å². The van der Waals surface area contributed by atoms with Crippen molar-refractivity contribution in [3.63, 3.8) is 0 Å². The molecule has 19 heavy (non-hydrogen) atoms. The third-order valence-electron chi connectivity index (χ3n) is 4.40. The Hall–Kier alpha value is -0.860. The molecule has 2 nitrogen and oxygen atoms in total. The van der Waals surface area contributed by atoms with E-state index in [-0.39, 0.29) is 5.92 Å². The molecule has 0 spiro atoms. The summed E-state index contributed by atoms with van der Waals surface area (Å²) in [5, 5.41) is 11.1. The standard InChI is InChI=1S/C17H27NO/c1-14-7-9-15(10-8-14)16(13-18(2)3)17(19)11-5-4-6-12-17/h7-10,16,19H,4-6,11-13H2,1-3H3/t16-/m1/s1. The predicted octanol–water partition coefficient (Wildman–Crippen LogP) is 3.34. The van der Waals surface area contributed by atoms with Crippen LogP contribution in [0.25, 0.3) is 0 Å². The summed E-state index contributed by atoms with van der Waals surface area (Å²) in [5.41, 5.74) is 2.05. The number of likely N-dealkylation sites (N-methyl/N-ethyl adjacent to an activating group) is 1. The number of hydrogen-bond acceptors (Lipinski definition) is 2. The van der Waals surface area contributed by atoms with Crippen LogP contribution in [0.2, 0.25) is 0 Å². The number of aliphatic hydroxyl groups is 1. The highest BCUT2D eigenvalue weighted by molar-refractivity contribution is 5.27. The van der Waals surface area contributed by atoms with Gasteiger partial charge in [-0.2, -0.15) is 0 Å². The summed E-state index contributed by atoms with van der Waals surface area (Å²) in [6.07, 6.45) is 5.47. The summed E-state index contributed by atoms with van der Waals surface area (Å²) in [5.74, 6) is 0.225. The molecule has 1 atom stereocenters. The summed E-state index contributed by atoms with van der Waals surface area (Å²) >= 11 is 0. The lowest BCUT2D eigenvalue weighted by Gasteiger charge is -2.40. The number of rotatable bonds is 4. The van der Waals surface area contributed by atoms with Gasteiger partial charge in [0.25, 0.3) is 0 Å². The Morgan fingerprint density at radius 2 is 1.68 bits per heavy atom. The van der Waals surface area contributed by atoms with E-state index in [0.717, 1.165) is 32.2 Å². The van der Waals surface area contributed by atoms with Crippen LogP contribution in [0, 0.1) is 6.92 Å². The highest BCUT2D eigenvalue weighted by Crippen LogP contribution is 2.40. The van der Waals surface area contributed by atoms with Gasteiger partial charge in [0.15, 0.2) is 0 Å². The molecule has 0 unspecified atom stereocenters. The first-order chi connectivity index (χ1) is 9.01. The maximum Gasteiger partial charge on any atom is 0.0728 e. The third-order valence-corrected chi connectivity index (χ3v) is 4.40. The molecule has 1 aliphatic carbocycles. The molecule has 2 rings (SSSR count). The maximum absolute atomic E-state index is 11.1. The van der Waals surface area contributed by atoms with E-state index in [4.69, 9.17) is 0 Å². The van der Waals surface area contributed by atoms with Crippen molar-refractivity contribution in [1.82, 2.24) is 4.90 Å². The number of benzene rings is 1. The molecule has 0 aliphatic heterocycles. The Bertz CT molecular complexity index is 390. The van der Waals surface area contributed by atoms with Gasteiger partial charge in [0.05, 0.1) is 5.60 Å². The summed E-state index contributed by atoms with van der Waals surface area (Å²) in [4.78, 5) is 2.19. The van der Waals surface area contributed by atoms with Crippen LogP contribution in [0.4, 0.5) is 0 Å². The van der Waals surface area contributed by atoms with E-state index in [0.29, 0.717) is 0 Å².